The van der Waals surface area contributed by atoms with Gasteiger partial charge in [-0.05, 0) is 64.2 Å². The zero-order valence-corrected chi connectivity index (χ0v) is 46.1. The molecule has 0 saturated carbocycles. The molecule has 0 radical (unpaired) electrons. The van der Waals surface area contributed by atoms with Crippen LogP contribution in [0.15, 0.2) is 60.8 Å². The number of carbonyl (C=O) groups excluding carboxylic acids is 2. The van der Waals surface area contributed by atoms with Crippen molar-refractivity contribution in [2.45, 2.75) is 217 Å². The normalized spacial score (nSPS) is 15.1. The molecule has 15 heteroatoms. The summed E-state index contributed by atoms with van der Waals surface area (Å²) in [5, 5.41) is 19.5. The fourth-order valence-electron chi connectivity index (χ4n) is 7.13. The number of ether oxygens (including phenoxy) is 2. The van der Waals surface area contributed by atoms with E-state index >= 15 is 0 Å². The molecule has 0 amide bonds. The minimum absolute atomic E-state index is 0.0110. The van der Waals surface area contributed by atoms with Crippen LogP contribution in [0.2, 0.25) is 0 Å². The van der Waals surface area contributed by atoms with Crippen molar-refractivity contribution in [2.75, 3.05) is 53.3 Å². The van der Waals surface area contributed by atoms with Crippen LogP contribution >= 0.6 is 19.6 Å². The highest BCUT2D eigenvalue weighted by molar-refractivity contribution is 8.00. The van der Waals surface area contributed by atoms with Gasteiger partial charge in [-0.15, -0.1) is 11.8 Å². The van der Waals surface area contributed by atoms with Gasteiger partial charge in [-0.3, -0.25) is 18.9 Å². The van der Waals surface area contributed by atoms with Crippen LogP contribution in [-0.4, -0.2) is 109 Å². The second kappa shape index (κ2) is 46.3. The number of hydrogen-bond acceptors (Lipinski definition) is 12. The lowest BCUT2D eigenvalue weighted by Gasteiger charge is -2.28. The second-order valence-corrected chi connectivity index (χ2v) is 22.1. The third-order valence-corrected chi connectivity index (χ3v) is 13.9. The summed E-state index contributed by atoms with van der Waals surface area (Å²) in [6.07, 6.45) is 47.2. The van der Waals surface area contributed by atoms with Gasteiger partial charge in [0.05, 0.1) is 33.9 Å². The van der Waals surface area contributed by atoms with Gasteiger partial charge in [-0.2, -0.15) is 0 Å². The smallest absolute Gasteiger partial charge is 0.324 e. The van der Waals surface area contributed by atoms with Crippen molar-refractivity contribution < 1.29 is 57.1 Å². The summed E-state index contributed by atoms with van der Waals surface area (Å²) >= 11 is 1.20. The van der Waals surface area contributed by atoms with Crippen LogP contribution in [0, 0.1) is 0 Å². The summed E-state index contributed by atoms with van der Waals surface area (Å²) in [6.45, 7) is 3.63. The number of phosphoric acid groups is 1. The molecule has 0 aromatic carbocycles. The molecular formula is C55H99N2O11PS. The van der Waals surface area contributed by atoms with Gasteiger partial charge in [0.25, 0.3) is 7.82 Å². The maximum atomic E-state index is 13.3. The molecule has 1 unspecified atom stereocenters. The molecule has 0 rings (SSSR count). The van der Waals surface area contributed by atoms with E-state index in [1.54, 1.807) is 12.2 Å². The first-order valence-corrected chi connectivity index (χ1v) is 29.4. The number of unbranched alkanes of at least 4 members (excludes halogenated alkanes) is 20. The van der Waals surface area contributed by atoms with Gasteiger partial charge in [-0.25, -0.2) is 0 Å². The Morgan fingerprint density at radius 2 is 1.20 bits per heavy atom. The monoisotopic (exact) mass is 1030 g/mol. The Morgan fingerprint density at radius 3 is 1.79 bits per heavy atom. The van der Waals surface area contributed by atoms with Crippen molar-refractivity contribution >= 4 is 37.5 Å². The van der Waals surface area contributed by atoms with E-state index in [0.717, 1.165) is 32.1 Å². The van der Waals surface area contributed by atoms with E-state index in [1.165, 1.54) is 127 Å². The molecule has 0 spiro atoms. The van der Waals surface area contributed by atoms with E-state index in [2.05, 4.69) is 38.2 Å². The molecule has 0 aromatic rings. The quantitative estimate of drug-likeness (QED) is 0.0130. The van der Waals surface area contributed by atoms with E-state index in [9.17, 15) is 28.9 Å². The number of quaternary nitrogens is 1. The summed E-state index contributed by atoms with van der Waals surface area (Å²) in [4.78, 5) is 49.7. The van der Waals surface area contributed by atoms with E-state index in [-0.39, 0.29) is 38.0 Å². The number of aliphatic hydroxyl groups is 1. The van der Waals surface area contributed by atoms with Gasteiger partial charge < -0.3 is 43.8 Å². The molecule has 0 aliphatic carbocycles. The Hall–Kier alpha value is -2.55. The standard InChI is InChI=1S/C55H99N2O11PS/c1-6-8-10-12-14-16-18-20-21-22-23-24-25-26-27-28-30-32-34-36-38-43-54(61)65-46-49(47-67-69(63,64)66-45-44-57(3,4)5)68-55(62)50(56)48-70-52(51(58)40-39-42-53(59)60)41-37-35-33-31-29-19-17-15-13-11-9-7-2/h15,17,20-21,29,31,33,35,37,41,49-52,58H,6-14,16,18-19,22-28,30,32,34,36,38-40,42-48,56H2,1-5H3,(H-,59,60,63,64)/b17-15-,21-20-,31-29-,35-33+,41-37+/t49-,50+,51+,52-/m1/s1. The number of carboxylic acids is 1. The van der Waals surface area contributed by atoms with Crippen molar-refractivity contribution in [1.82, 2.24) is 0 Å². The minimum atomic E-state index is -4.79. The third kappa shape index (κ3) is 46.5. The number of esters is 2. The van der Waals surface area contributed by atoms with Gasteiger partial charge in [0.15, 0.2) is 6.10 Å². The highest BCUT2D eigenvalue weighted by Gasteiger charge is 2.26. The molecule has 0 bridgehead atoms. The average Bonchev–Trinajstić information content (AvgIpc) is 3.30. The lowest BCUT2D eigenvalue weighted by atomic mass is 10.0. The number of allylic oxidation sites excluding steroid dienone is 9. The summed E-state index contributed by atoms with van der Waals surface area (Å²) in [5.41, 5.74) is 6.25. The van der Waals surface area contributed by atoms with Crippen molar-refractivity contribution in [2.24, 2.45) is 5.73 Å². The van der Waals surface area contributed by atoms with Crippen LogP contribution in [-0.2, 0) is 37.5 Å². The summed E-state index contributed by atoms with van der Waals surface area (Å²) in [7, 11) is 0.864. The predicted octanol–water partition coefficient (Wildman–Crippen LogP) is 12.3. The number of carbonyl (C=O) groups is 3. The summed E-state index contributed by atoms with van der Waals surface area (Å²) in [6, 6.07) is -1.20. The molecule has 0 fully saturated rings. The Labute approximate surface area is 429 Å². The Morgan fingerprint density at radius 1 is 0.671 bits per heavy atom. The van der Waals surface area contributed by atoms with Gasteiger partial charge in [0, 0.05) is 23.8 Å². The highest BCUT2D eigenvalue weighted by Crippen LogP contribution is 2.38. The second-order valence-electron chi connectivity index (χ2n) is 19.4. The number of aliphatic carboxylic acids is 1. The van der Waals surface area contributed by atoms with Gasteiger partial charge in [-0.1, -0.05) is 177 Å². The van der Waals surface area contributed by atoms with Crippen molar-refractivity contribution in [3.8, 4) is 0 Å². The third-order valence-electron chi connectivity index (χ3n) is 11.5. The molecule has 0 saturated heterocycles. The fourth-order valence-corrected chi connectivity index (χ4v) is 8.99. The van der Waals surface area contributed by atoms with Crippen LogP contribution < -0.4 is 10.6 Å². The zero-order valence-electron chi connectivity index (χ0n) is 44.4. The first-order chi connectivity index (χ1) is 33.6. The highest BCUT2D eigenvalue weighted by atomic mass is 32.2. The van der Waals surface area contributed by atoms with Gasteiger partial charge in [0.1, 0.15) is 25.8 Å². The SMILES string of the molecule is CCCCC/C=C\C\C=C/C=C/C=C/[C@@H](SC[C@H](N)C(=O)O[C@H](COC(=O)CCCCCCCCCCCCC/C=C\CCCCCCCC)COP(=O)([O-])OCC[N+](C)(C)C)[C@@H](O)CCCC(=O)O. The van der Waals surface area contributed by atoms with Gasteiger partial charge in [0.2, 0.25) is 0 Å². The van der Waals surface area contributed by atoms with E-state index in [4.69, 9.17) is 29.4 Å². The summed E-state index contributed by atoms with van der Waals surface area (Å²) in [5.74, 6) is -2.32. The van der Waals surface area contributed by atoms with Crippen LogP contribution in [0.5, 0.6) is 0 Å². The molecule has 70 heavy (non-hydrogen) atoms. The van der Waals surface area contributed by atoms with E-state index in [1.807, 2.05) is 45.4 Å². The number of thioether (sulfide) groups is 1. The number of nitrogens with two attached hydrogens (primary N) is 1. The lowest BCUT2D eigenvalue weighted by Crippen LogP contribution is -2.40. The Balaban J connectivity index is 5.02. The molecule has 0 aliphatic rings. The molecule has 0 heterocycles. The Bertz CT molecular complexity index is 1500. The maximum absolute atomic E-state index is 13.3. The Kier molecular flexibility index (Phi) is 44.6. The minimum Gasteiger partial charge on any atom is -0.756 e. The summed E-state index contributed by atoms with van der Waals surface area (Å²) < 4.78 is 34.1. The van der Waals surface area contributed by atoms with Gasteiger partial charge >= 0.3 is 17.9 Å². The predicted molar refractivity (Wildman–Crippen MR) is 287 cm³/mol. The number of carboxylic acid groups (broad SMARTS) is 1. The largest absolute Gasteiger partial charge is 0.756 e. The fraction of sp³-hybridized carbons (Fsp3) is 0.764. The first-order valence-electron chi connectivity index (χ1n) is 26.9. The first kappa shape index (κ1) is 67.5. The molecule has 13 nitrogen and oxygen atoms in total. The van der Waals surface area contributed by atoms with Crippen LogP contribution in [0.25, 0.3) is 0 Å². The molecular weight excluding hydrogens is 928 g/mol. The number of aliphatic hydroxyl groups excluding tert-OH is 1. The topological polar surface area (TPSA) is 195 Å². The lowest BCUT2D eigenvalue weighted by molar-refractivity contribution is -0.870. The van der Waals surface area contributed by atoms with E-state index in [0.29, 0.717) is 17.4 Å². The maximum Gasteiger partial charge on any atom is 0.324 e. The molecule has 406 valence electrons. The number of likely N-dealkylation sites (N-methyl/N-ethyl adjacent to an activating group) is 1. The van der Waals surface area contributed by atoms with Crippen molar-refractivity contribution in [1.29, 1.82) is 0 Å². The molecule has 0 aliphatic heterocycles. The van der Waals surface area contributed by atoms with Crippen molar-refractivity contribution in [3.63, 3.8) is 0 Å². The number of hydrogen-bond donors (Lipinski definition) is 3. The van der Waals surface area contributed by atoms with Crippen molar-refractivity contribution in [3.05, 3.63) is 60.8 Å². The molecule has 4 N–H and O–H groups in total. The van der Waals surface area contributed by atoms with Crippen LogP contribution in [0.3, 0.4) is 0 Å². The zero-order chi connectivity index (χ0) is 52.0. The molecule has 0 aromatic heterocycles. The number of rotatable bonds is 49. The number of nitrogens with zero attached hydrogens (tertiary/aromatic N) is 1. The van der Waals surface area contributed by atoms with E-state index < -0.39 is 62.4 Å². The number of phosphoric ester groups is 1. The van der Waals surface area contributed by atoms with Crippen LogP contribution in [0.4, 0.5) is 0 Å². The molecule has 5 atom stereocenters. The average molecular weight is 1030 g/mol. The van der Waals surface area contributed by atoms with Crippen LogP contribution in [0.1, 0.15) is 194 Å².